The molecule has 2 N–H and O–H groups in total. The lowest BCUT2D eigenvalue weighted by molar-refractivity contribution is -0.121. The second kappa shape index (κ2) is 11.2. The lowest BCUT2D eigenvalue weighted by atomic mass is 10.1. The minimum Gasteiger partial charge on any atom is -0.354 e. The van der Waals surface area contributed by atoms with Crippen molar-refractivity contribution in [2.24, 2.45) is 0 Å². The Kier molecular flexibility index (Phi) is 7.32. The average Bonchev–Trinajstić information content (AvgIpc) is 3.29. The fraction of sp³-hybridized carbons (Fsp3) is 0.303. The number of likely N-dealkylation sites (N-methyl/N-ethyl adjacent to an activating group) is 1. The predicted molar refractivity (Wildman–Crippen MR) is 168 cm³/mol. The van der Waals surface area contributed by atoms with Crippen LogP contribution in [-0.4, -0.2) is 59.5 Å². The number of para-hydroxylation sites is 1. The number of aryl methyl sites for hydroxylation is 2. The lowest BCUT2D eigenvalue weighted by Gasteiger charge is -2.33. The van der Waals surface area contributed by atoms with Gasteiger partial charge in [0.1, 0.15) is 5.82 Å². The van der Waals surface area contributed by atoms with Gasteiger partial charge in [-0.05, 0) is 68.9 Å². The van der Waals surface area contributed by atoms with Gasteiger partial charge in [0.2, 0.25) is 11.8 Å². The number of hydrogen-bond acceptors (Lipinski definition) is 5. The van der Waals surface area contributed by atoms with Crippen molar-refractivity contribution in [1.82, 2.24) is 14.5 Å². The third kappa shape index (κ3) is 5.47. The number of carbonyl (C=O) groups excluding carboxylic acids is 2. The van der Waals surface area contributed by atoms with Gasteiger partial charge in [-0.2, -0.15) is 0 Å². The Balaban J connectivity index is 1.08. The zero-order chi connectivity index (χ0) is 28.5. The van der Waals surface area contributed by atoms with Crippen LogP contribution in [0, 0.1) is 6.92 Å². The molecule has 0 unspecified atom stereocenters. The number of pyridine rings is 1. The quantitative estimate of drug-likeness (QED) is 0.269. The third-order valence-corrected chi connectivity index (χ3v) is 8.07. The molecule has 0 spiro atoms. The van der Waals surface area contributed by atoms with Crippen molar-refractivity contribution < 1.29 is 9.59 Å². The summed E-state index contributed by atoms with van der Waals surface area (Å²) < 4.78 is 2.25. The van der Waals surface area contributed by atoms with E-state index in [4.69, 9.17) is 4.98 Å². The van der Waals surface area contributed by atoms with Gasteiger partial charge in [0.15, 0.2) is 0 Å². The number of hydrogen-bond donors (Lipinski definition) is 2. The van der Waals surface area contributed by atoms with E-state index in [-0.39, 0.29) is 24.7 Å². The largest absolute Gasteiger partial charge is 0.354 e. The zero-order valence-electron chi connectivity index (χ0n) is 23.9. The molecule has 0 bridgehead atoms. The molecule has 41 heavy (non-hydrogen) atoms. The van der Waals surface area contributed by atoms with Crippen LogP contribution in [-0.2, 0) is 16.1 Å². The molecule has 0 radical (unpaired) electrons. The maximum atomic E-state index is 12.7. The van der Waals surface area contributed by atoms with Gasteiger partial charge in [0.25, 0.3) is 0 Å². The minimum absolute atomic E-state index is 0.0981. The van der Waals surface area contributed by atoms with Gasteiger partial charge in [-0.25, -0.2) is 4.98 Å². The number of amides is 2. The average molecular weight is 549 g/mol. The zero-order valence-corrected chi connectivity index (χ0v) is 23.9. The van der Waals surface area contributed by atoms with Crippen LogP contribution in [0.5, 0.6) is 0 Å². The second-order valence-electron chi connectivity index (χ2n) is 10.9. The molecular formula is C33H36N6O2. The molecule has 1 saturated heterocycles. The standard InChI is InChI=1S/C33H36N6O2/c1-4-39-29-8-6-5-7-25(29)26-11-9-24(21-30(26)39)35-33(41)14-13-32(40)34-23-10-12-28-27(20-23)22(2)19-31(36-28)38-17-15-37(3)16-18-38/h5-12,19-21H,4,13-18H2,1-3H3,(H,34,40)(H,35,41). The summed E-state index contributed by atoms with van der Waals surface area (Å²) in [6.07, 6.45) is 0.199. The number of nitrogens with one attached hydrogen (secondary N) is 2. The third-order valence-electron chi connectivity index (χ3n) is 8.07. The Hall–Kier alpha value is -4.43. The van der Waals surface area contributed by atoms with Crippen LogP contribution in [0.15, 0.2) is 66.7 Å². The molecule has 2 amide bonds. The van der Waals surface area contributed by atoms with Gasteiger partial charge in [0.05, 0.1) is 11.0 Å². The molecule has 0 aliphatic carbocycles. The SMILES string of the molecule is CCn1c2ccccc2c2ccc(NC(=O)CCC(=O)Nc3ccc4nc(N5CCN(C)CC5)cc(C)c4c3)cc21. The van der Waals surface area contributed by atoms with Gasteiger partial charge >= 0.3 is 0 Å². The Morgan fingerprint density at radius 2 is 1.44 bits per heavy atom. The molecule has 1 fully saturated rings. The fourth-order valence-corrected chi connectivity index (χ4v) is 5.79. The highest BCUT2D eigenvalue weighted by Gasteiger charge is 2.17. The number of piperazine rings is 1. The first-order valence-electron chi connectivity index (χ1n) is 14.3. The summed E-state index contributed by atoms with van der Waals surface area (Å²) in [6.45, 7) is 9.03. The van der Waals surface area contributed by atoms with E-state index in [2.05, 4.69) is 70.2 Å². The first-order chi connectivity index (χ1) is 19.9. The highest BCUT2D eigenvalue weighted by atomic mass is 16.2. The van der Waals surface area contributed by atoms with Crippen LogP contribution in [0.3, 0.4) is 0 Å². The number of rotatable bonds is 7. The van der Waals surface area contributed by atoms with E-state index in [0.717, 1.165) is 71.6 Å². The number of aromatic nitrogens is 2. The van der Waals surface area contributed by atoms with Gasteiger partial charge in [0, 0.05) is 78.6 Å². The molecule has 1 aliphatic rings. The second-order valence-corrected chi connectivity index (χ2v) is 10.9. The molecule has 6 rings (SSSR count). The van der Waals surface area contributed by atoms with Crippen molar-refractivity contribution >= 4 is 61.7 Å². The van der Waals surface area contributed by atoms with Gasteiger partial charge in [-0.1, -0.05) is 24.3 Å². The van der Waals surface area contributed by atoms with E-state index in [1.54, 1.807) is 0 Å². The van der Waals surface area contributed by atoms with Crippen LogP contribution in [0.25, 0.3) is 32.7 Å². The van der Waals surface area contributed by atoms with Crippen LogP contribution in [0.1, 0.15) is 25.3 Å². The van der Waals surface area contributed by atoms with E-state index in [0.29, 0.717) is 5.69 Å². The highest BCUT2D eigenvalue weighted by molar-refractivity contribution is 6.09. The van der Waals surface area contributed by atoms with Crippen molar-refractivity contribution in [2.75, 3.05) is 48.8 Å². The molecule has 2 aromatic heterocycles. The molecule has 0 saturated carbocycles. The summed E-state index contributed by atoms with van der Waals surface area (Å²) in [5.41, 5.74) is 5.74. The number of carbonyl (C=O) groups is 2. The van der Waals surface area contributed by atoms with Gasteiger partial charge in [-0.15, -0.1) is 0 Å². The summed E-state index contributed by atoms with van der Waals surface area (Å²) in [5.74, 6) is 0.621. The van der Waals surface area contributed by atoms with Crippen LogP contribution in [0.2, 0.25) is 0 Å². The molecule has 3 aromatic carbocycles. The van der Waals surface area contributed by atoms with Crippen LogP contribution in [0.4, 0.5) is 17.2 Å². The number of anilines is 3. The van der Waals surface area contributed by atoms with Crippen LogP contribution < -0.4 is 15.5 Å². The van der Waals surface area contributed by atoms with Crippen LogP contribution >= 0.6 is 0 Å². The number of fused-ring (bicyclic) bond motifs is 4. The summed E-state index contributed by atoms with van der Waals surface area (Å²) in [5, 5.41) is 9.30. The highest BCUT2D eigenvalue weighted by Crippen LogP contribution is 2.31. The Morgan fingerprint density at radius 1 is 0.780 bits per heavy atom. The summed E-state index contributed by atoms with van der Waals surface area (Å²) >= 11 is 0. The topological polar surface area (TPSA) is 82.5 Å². The lowest BCUT2D eigenvalue weighted by Crippen LogP contribution is -2.44. The van der Waals surface area contributed by atoms with Crippen molar-refractivity contribution in [1.29, 1.82) is 0 Å². The molecule has 210 valence electrons. The summed E-state index contributed by atoms with van der Waals surface area (Å²) in [6, 6.07) is 22.2. The molecule has 8 nitrogen and oxygen atoms in total. The maximum Gasteiger partial charge on any atom is 0.224 e. The van der Waals surface area contributed by atoms with Crippen molar-refractivity contribution in [3.05, 3.63) is 72.3 Å². The molecule has 3 heterocycles. The van der Waals surface area contributed by atoms with Gasteiger partial charge in [-0.3, -0.25) is 9.59 Å². The molecular weight excluding hydrogens is 512 g/mol. The molecule has 0 atom stereocenters. The summed E-state index contributed by atoms with van der Waals surface area (Å²) in [4.78, 5) is 35.0. The van der Waals surface area contributed by atoms with Crippen molar-refractivity contribution in [3.63, 3.8) is 0 Å². The van der Waals surface area contributed by atoms with Crippen molar-refractivity contribution in [3.8, 4) is 0 Å². The molecule has 5 aromatic rings. The van der Waals surface area contributed by atoms with Gasteiger partial charge < -0.3 is 25.0 Å². The van der Waals surface area contributed by atoms with E-state index in [1.807, 2.05) is 42.5 Å². The minimum atomic E-state index is -0.194. The van der Waals surface area contributed by atoms with E-state index >= 15 is 0 Å². The Labute approximate surface area is 239 Å². The number of nitrogens with zero attached hydrogens (tertiary/aromatic N) is 4. The number of benzene rings is 3. The normalized spacial score (nSPS) is 14.2. The monoisotopic (exact) mass is 548 g/mol. The fourth-order valence-electron chi connectivity index (χ4n) is 5.79. The smallest absolute Gasteiger partial charge is 0.224 e. The van der Waals surface area contributed by atoms with E-state index < -0.39 is 0 Å². The van der Waals surface area contributed by atoms with E-state index in [1.165, 1.54) is 10.9 Å². The maximum absolute atomic E-state index is 12.7. The molecule has 8 heteroatoms. The summed E-state index contributed by atoms with van der Waals surface area (Å²) in [7, 11) is 2.14. The van der Waals surface area contributed by atoms with E-state index in [9.17, 15) is 9.59 Å². The first kappa shape index (κ1) is 26.8. The van der Waals surface area contributed by atoms with Crippen molar-refractivity contribution in [2.45, 2.75) is 33.2 Å². The Morgan fingerprint density at radius 3 is 2.17 bits per heavy atom. The first-order valence-corrected chi connectivity index (χ1v) is 14.3. The molecule has 1 aliphatic heterocycles. The Bertz CT molecular complexity index is 1770. The predicted octanol–water partition coefficient (Wildman–Crippen LogP) is 5.78.